The molecule has 0 atom stereocenters. The molecule has 0 aromatic rings. The maximum Gasteiger partial charge on any atom is 0.173 e. The van der Waals surface area contributed by atoms with Gasteiger partial charge in [-0.05, 0) is 12.8 Å². The van der Waals surface area contributed by atoms with E-state index >= 15 is 0 Å². The third-order valence-corrected chi connectivity index (χ3v) is 0.667. The van der Waals surface area contributed by atoms with Gasteiger partial charge in [-0.2, -0.15) is 0 Å². The molecular weight excluding hydrogens is 108 g/mol. The average Bonchev–Trinajstić information content (AvgIpc) is 1.27. The summed E-state index contributed by atoms with van der Waals surface area (Å²) >= 11 is 3.11. The maximum atomic E-state index is 8.67. The third-order valence-electron chi connectivity index (χ3n) is 0.667. The van der Waals surface area contributed by atoms with E-state index in [0.717, 1.165) is 0 Å². The fourth-order valence-corrected chi connectivity index (χ4v) is 0.167. The van der Waals surface area contributed by atoms with E-state index in [1.807, 2.05) is 0 Å². The number of hydrogen-bond donors (Lipinski definition) is 1. The molecule has 0 N–H and O–H groups in total. The molecule has 7 heavy (non-hydrogen) atoms. The first-order valence-electron chi connectivity index (χ1n) is 2.14. The monoisotopic (exact) mass is 116 g/mol. The first kappa shape index (κ1) is 6.76. The van der Waals surface area contributed by atoms with Crippen LogP contribution in [0.5, 0.6) is 0 Å². The van der Waals surface area contributed by atoms with E-state index in [2.05, 4.69) is 24.8 Å². The Labute approximate surface area is 48.8 Å². The first-order chi connectivity index (χ1) is 3.41. The molecule has 1 nitrogen and oxygen atoms in total. The number of allylic oxidation sites excluding steroid dienone is 2. The summed E-state index contributed by atoms with van der Waals surface area (Å²) in [5.74, 6) is 0. The highest BCUT2D eigenvalue weighted by atomic mass is 32.1. The second-order valence-electron chi connectivity index (χ2n) is 1.15. The number of carbonyl (C=O) groups is 1. The van der Waals surface area contributed by atoms with E-state index in [4.69, 9.17) is 4.79 Å². The summed E-state index contributed by atoms with van der Waals surface area (Å²) in [5, 5.41) is 0. The fourth-order valence-electron chi connectivity index (χ4n) is 0.167. The summed E-state index contributed by atoms with van der Waals surface area (Å²) < 4.78 is 0. The van der Waals surface area contributed by atoms with E-state index in [1.54, 1.807) is 0 Å². The lowest BCUT2D eigenvalue weighted by molar-refractivity contribution is 0.570. The van der Waals surface area contributed by atoms with E-state index in [1.165, 1.54) is 12.8 Å². The molecule has 1 aliphatic rings. The molecule has 0 amide bonds. The van der Waals surface area contributed by atoms with Gasteiger partial charge in [-0.1, -0.05) is 12.2 Å². The fraction of sp³-hybridized carbons (Fsp3) is 0.400. The van der Waals surface area contributed by atoms with Crippen LogP contribution in [-0.2, 0) is 4.79 Å². The molecule has 40 valence electrons. The van der Waals surface area contributed by atoms with Crippen LogP contribution in [0.2, 0.25) is 0 Å². The Balaban J connectivity index is 0.000000110. The lowest BCUT2D eigenvalue weighted by Gasteiger charge is -1.92. The van der Waals surface area contributed by atoms with Crippen LogP contribution in [0.4, 0.5) is 0 Å². The van der Waals surface area contributed by atoms with E-state index in [0.29, 0.717) is 5.62 Å². The van der Waals surface area contributed by atoms with Gasteiger partial charge in [-0.3, -0.25) is 4.79 Å². The Morgan fingerprint density at radius 2 is 1.57 bits per heavy atom. The molecule has 0 saturated heterocycles. The zero-order valence-corrected chi connectivity index (χ0v) is 4.90. The predicted molar refractivity (Wildman–Crippen MR) is 34.1 cm³/mol. The number of hydrogen-bond acceptors (Lipinski definition) is 1. The van der Waals surface area contributed by atoms with Gasteiger partial charge >= 0.3 is 0 Å². The molecule has 0 aliphatic heterocycles. The van der Waals surface area contributed by atoms with Gasteiger partial charge in [0.1, 0.15) is 0 Å². The second kappa shape index (κ2) is 5.76. The summed E-state index contributed by atoms with van der Waals surface area (Å²) in [6.45, 7) is 0. The van der Waals surface area contributed by atoms with Crippen LogP contribution in [-0.4, -0.2) is 5.62 Å². The molecule has 0 saturated carbocycles. The first-order valence-corrected chi connectivity index (χ1v) is 2.66. The molecule has 0 spiro atoms. The van der Waals surface area contributed by atoms with Gasteiger partial charge in [-0.25, -0.2) is 0 Å². The van der Waals surface area contributed by atoms with Gasteiger partial charge < -0.3 is 0 Å². The quantitative estimate of drug-likeness (QED) is 0.288. The number of carbonyl (C=O) groups excluding carboxylic acids is 1. The van der Waals surface area contributed by atoms with E-state index in [9.17, 15) is 0 Å². The highest BCUT2D eigenvalue weighted by Gasteiger charge is 1.81. The van der Waals surface area contributed by atoms with Crippen LogP contribution in [0.3, 0.4) is 0 Å². The van der Waals surface area contributed by atoms with Gasteiger partial charge in [0.2, 0.25) is 0 Å². The van der Waals surface area contributed by atoms with Gasteiger partial charge in [0, 0.05) is 0 Å². The van der Waals surface area contributed by atoms with Crippen LogP contribution in [0.1, 0.15) is 12.8 Å². The minimum atomic E-state index is 0.444. The molecule has 0 fully saturated rings. The lowest BCUT2D eigenvalue weighted by Crippen LogP contribution is -1.71. The van der Waals surface area contributed by atoms with Crippen molar-refractivity contribution >= 4 is 18.2 Å². The van der Waals surface area contributed by atoms with Crippen molar-refractivity contribution in [2.45, 2.75) is 12.8 Å². The zero-order chi connectivity index (χ0) is 5.54. The van der Waals surface area contributed by atoms with Crippen LogP contribution in [0.15, 0.2) is 12.2 Å². The number of rotatable bonds is 0. The number of thiol groups is 1. The summed E-state index contributed by atoms with van der Waals surface area (Å²) in [6.07, 6.45) is 7.00. The van der Waals surface area contributed by atoms with Crippen molar-refractivity contribution in [3.05, 3.63) is 12.2 Å². The van der Waals surface area contributed by atoms with Crippen molar-refractivity contribution in [2.75, 3.05) is 0 Å². The Hall–Kier alpha value is -0.240. The Kier molecular flexibility index (Phi) is 5.56. The van der Waals surface area contributed by atoms with E-state index < -0.39 is 0 Å². The maximum absolute atomic E-state index is 8.67. The third kappa shape index (κ3) is 5.76. The minimum Gasteiger partial charge on any atom is -0.291 e. The van der Waals surface area contributed by atoms with Crippen molar-refractivity contribution in [3.63, 3.8) is 0 Å². The van der Waals surface area contributed by atoms with Gasteiger partial charge in [0.15, 0.2) is 5.62 Å². The van der Waals surface area contributed by atoms with Crippen LogP contribution >= 0.6 is 12.6 Å². The van der Waals surface area contributed by atoms with Gasteiger partial charge in [-0.15, -0.1) is 12.6 Å². The van der Waals surface area contributed by atoms with Crippen LogP contribution < -0.4 is 0 Å². The van der Waals surface area contributed by atoms with Crippen molar-refractivity contribution in [2.24, 2.45) is 0 Å². The zero-order valence-electron chi connectivity index (χ0n) is 4.00. The molecule has 0 bridgehead atoms. The van der Waals surface area contributed by atoms with Crippen molar-refractivity contribution < 1.29 is 4.79 Å². The summed E-state index contributed by atoms with van der Waals surface area (Å²) in [4.78, 5) is 8.67. The summed E-state index contributed by atoms with van der Waals surface area (Å²) in [6, 6.07) is 0. The molecule has 0 aromatic heterocycles. The Morgan fingerprint density at radius 1 is 1.43 bits per heavy atom. The van der Waals surface area contributed by atoms with Crippen LogP contribution in [0.25, 0.3) is 0 Å². The largest absolute Gasteiger partial charge is 0.291 e. The van der Waals surface area contributed by atoms with Crippen molar-refractivity contribution in [1.82, 2.24) is 0 Å². The lowest BCUT2D eigenvalue weighted by atomic mass is 10.1. The standard InChI is InChI=1S/C4H6.CH2OS/c1-2-4-3-1;2-1-3/h1-2H,3-4H2;1H,(H,2,3). The summed E-state index contributed by atoms with van der Waals surface area (Å²) in [7, 11) is 0. The van der Waals surface area contributed by atoms with Crippen molar-refractivity contribution in [3.8, 4) is 0 Å². The molecule has 1 aliphatic carbocycles. The minimum absolute atomic E-state index is 0.444. The van der Waals surface area contributed by atoms with Crippen molar-refractivity contribution in [1.29, 1.82) is 0 Å². The summed E-state index contributed by atoms with van der Waals surface area (Å²) in [5.41, 5.74) is 0.444. The molecule has 1 rings (SSSR count). The SMILES string of the molecule is C1=CCC1.O=CS. The Bertz CT molecular complexity index is 62.5. The molecule has 2 heteroatoms. The van der Waals surface area contributed by atoms with Gasteiger partial charge in [0.25, 0.3) is 0 Å². The molecule has 0 heterocycles. The topological polar surface area (TPSA) is 17.1 Å². The molecule has 0 radical (unpaired) electrons. The molecule has 0 aromatic carbocycles. The van der Waals surface area contributed by atoms with Crippen LogP contribution in [0, 0.1) is 0 Å². The molecule has 0 unspecified atom stereocenters. The average molecular weight is 116 g/mol. The Morgan fingerprint density at radius 3 is 1.57 bits per heavy atom. The highest BCUT2D eigenvalue weighted by molar-refractivity contribution is 7.94. The van der Waals surface area contributed by atoms with E-state index in [-0.39, 0.29) is 0 Å². The second-order valence-corrected chi connectivity index (χ2v) is 1.36. The molecular formula is C5H8OS. The normalized spacial score (nSPS) is 13.3. The highest BCUT2D eigenvalue weighted by Crippen LogP contribution is 2.01. The smallest absolute Gasteiger partial charge is 0.173 e. The predicted octanol–water partition coefficient (Wildman–Crippen LogP) is 1.44. The van der Waals surface area contributed by atoms with Gasteiger partial charge in [0.05, 0.1) is 0 Å².